The Morgan fingerprint density at radius 2 is 1.65 bits per heavy atom. The number of anilines is 1. The van der Waals surface area contributed by atoms with Gasteiger partial charge in [0.2, 0.25) is 5.91 Å². The molecular formula is C40H41ClN4O9. The number of esters is 2. The molecule has 1 heterocycles. The number of benzene rings is 3. The van der Waals surface area contributed by atoms with Crippen molar-refractivity contribution >= 4 is 41.2 Å². The highest BCUT2D eigenvalue weighted by Gasteiger charge is 2.33. The molecule has 3 aromatic carbocycles. The lowest BCUT2D eigenvalue weighted by Gasteiger charge is -2.26. The van der Waals surface area contributed by atoms with Gasteiger partial charge in [0.25, 0.3) is 5.56 Å². The number of hydrogen-bond donors (Lipinski definition) is 2. The first-order valence-electron chi connectivity index (χ1n) is 17.0. The molecule has 1 aromatic heterocycles. The van der Waals surface area contributed by atoms with Gasteiger partial charge in [-0.15, -0.1) is 0 Å². The number of carbonyl (C=O) groups excluding carboxylic acids is 4. The molecule has 4 aromatic rings. The van der Waals surface area contributed by atoms with Crippen LogP contribution in [0.1, 0.15) is 68.6 Å². The van der Waals surface area contributed by atoms with Crippen molar-refractivity contribution in [1.29, 1.82) is 5.26 Å². The number of halogens is 1. The molecule has 3 atom stereocenters. The van der Waals surface area contributed by atoms with Crippen molar-refractivity contribution < 1.29 is 38.1 Å². The monoisotopic (exact) mass is 756 g/mol. The molecule has 0 saturated heterocycles. The number of rotatable bonds is 13. The largest absolute Gasteiger partial charge is 0.495 e. The van der Waals surface area contributed by atoms with Crippen LogP contribution in [-0.2, 0) is 30.4 Å². The Balaban J connectivity index is 1.47. The van der Waals surface area contributed by atoms with E-state index in [2.05, 4.69) is 16.7 Å². The van der Waals surface area contributed by atoms with Gasteiger partial charge in [0.1, 0.15) is 30.1 Å². The van der Waals surface area contributed by atoms with Crippen LogP contribution in [0.5, 0.6) is 5.75 Å². The highest BCUT2D eigenvalue weighted by atomic mass is 35.5. The van der Waals surface area contributed by atoms with Crippen molar-refractivity contribution in [3.63, 3.8) is 0 Å². The number of hydrogen-bond acceptors (Lipinski definition) is 10. The van der Waals surface area contributed by atoms with Crippen molar-refractivity contribution in [2.45, 2.75) is 71.4 Å². The predicted octanol–water partition coefficient (Wildman–Crippen LogP) is 6.82. The topological polar surface area (TPSA) is 175 Å². The summed E-state index contributed by atoms with van der Waals surface area (Å²) in [6.45, 7) is 8.10. The molecule has 0 fully saturated rings. The summed E-state index contributed by atoms with van der Waals surface area (Å²) < 4.78 is 23.1. The minimum atomic E-state index is -1.40. The van der Waals surface area contributed by atoms with E-state index in [1.165, 1.54) is 55.1 Å². The third-order valence-electron chi connectivity index (χ3n) is 7.98. The lowest BCUT2D eigenvalue weighted by molar-refractivity contribution is -0.150. The van der Waals surface area contributed by atoms with Crippen molar-refractivity contribution in [2.24, 2.45) is 0 Å². The first-order chi connectivity index (χ1) is 25.6. The van der Waals surface area contributed by atoms with Gasteiger partial charge < -0.3 is 29.6 Å². The van der Waals surface area contributed by atoms with Gasteiger partial charge >= 0.3 is 18.0 Å². The summed E-state index contributed by atoms with van der Waals surface area (Å²) in [6.07, 6.45) is -0.423. The minimum absolute atomic E-state index is 0.0708. The highest BCUT2D eigenvalue weighted by Crippen LogP contribution is 2.33. The van der Waals surface area contributed by atoms with Crippen LogP contribution in [0, 0.1) is 11.3 Å². The van der Waals surface area contributed by atoms with E-state index >= 15 is 0 Å². The third-order valence-corrected chi connectivity index (χ3v) is 8.22. The summed E-state index contributed by atoms with van der Waals surface area (Å²) in [5, 5.41) is 15.2. The molecule has 0 saturated carbocycles. The second-order valence-electron chi connectivity index (χ2n) is 13.1. The number of nitrogens with one attached hydrogen (secondary N) is 2. The van der Waals surface area contributed by atoms with E-state index < -0.39 is 53.3 Å². The molecule has 0 aliphatic carbocycles. The zero-order chi connectivity index (χ0) is 39.6. The maximum atomic E-state index is 13.5. The maximum absolute atomic E-state index is 13.5. The molecule has 0 radical (unpaired) electrons. The molecule has 2 amide bonds. The standard InChI is InChI=1S/C40H41ClN4O9/c1-7-32(45-22-33(51-6)31(20-34(45)46)30-19-28(41)16-13-27(30)21-42)36(47)43-29-17-14-26(15-18-29)37(48)53-24(2)35(44-39(50)54-40(3,4)5)38(49)52-23-25-11-9-8-10-12-25/h8-20,22,24,32,35H,7,23H2,1-6H3,(H,43,47)(H,44,50)/t24-,32?,35+/m1/s1. The van der Waals surface area contributed by atoms with Crippen LogP contribution < -0.4 is 20.9 Å². The van der Waals surface area contributed by atoms with Gasteiger partial charge in [0, 0.05) is 27.9 Å². The summed E-state index contributed by atoms with van der Waals surface area (Å²) in [7, 11) is 1.41. The van der Waals surface area contributed by atoms with E-state index in [1.807, 2.05) is 6.07 Å². The van der Waals surface area contributed by atoms with Gasteiger partial charge in [-0.05, 0) is 82.1 Å². The maximum Gasteiger partial charge on any atom is 0.408 e. The molecule has 14 heteroatoms. The second kappa shape index (κ2) is 18.1. The van der Waals surface area contributed by atoms with E-state index in [9.17, 15) is 29.2 Å². The molecule has 0 aliphatic heterocycles. The Labute approximate surface area is 317 Å². The summed E-state index contributed by atoms with van der Waals surface area (Å²) >= 11 is 6.17. The first kappa shape index (κ1) is 40.6. The van der Waals surface area contributed by atoms with Gasteiger partial charge in [-0.3, -0.25) is 14.2 Å². The number of pyridine rings is 1. The molecule has 0 bridgehead atoms. The smallest absolute Gasteiger partial charge is 0.408 e. The number of amides is 2. The van der Waals surface area contributed by atoms with Gasteiger partial charge in [0.05, 0.1) is 30.5 Å². The molecule has 282 valence electrons. The average Bonchev–Trinajstić information content (AvgIpc) is 3.13. The molecule has 2 N–H and O–H groups in total. The third kappa shape index (κ3) is 10.7. The Kier molecular flexibility index (Phi) is 13.6. The zero-order valence-electron chi connectivity index (χ0n) is 30.7. The van der Waals surface area contributed by atoms with Gasteiger partial charge in [-0.1, -0.05) is 48.9 Å². The summed E-state index contributed by atoms with van der Waals surface area (Å²) in [4.78, 5) is 65.7. The van der Waals surface area contributed by atoms with Crippen LogP contribution in [0.25, 0.3) is 11.1 Å². The number of nitrogens with zero attached hydrogens (tertiary/aromatic N) is 2. The lowest BCUT2D eigenvalue weighted by atomic mass is 10.00. The van der Waals surface area contributed by atoms with E-state index in [4.69, 9.17) is 30.5 Å². The van der Waals surface area contributed by atoms with Crippen molar-refractivity contribution in [2.75, 3.05) is 12.4 Å². The average molecular weight is 757 g/mol. The Hall–Kier alpha value is -6.13. The SMILES string of the molecule is CCC(C(=O)Nc1ccc(C(=O)O[C@H](C)[C@H](NC(=O)OC(C)(C)C)C(=O)OCc2ccccc2)cc1)n1cc(OC)c(-c2cc(Cl)ccc2C#N)cc1=O. The quantitative estimate of drug-likeness (QED) is 0.109. The van der Waals surface area contributed by atoms with Gasteiger partial charge in [-0.25, -0.2) is 14.4 Å². The number of aromatic nitrogens is 1. The van der Waals surface area contributed by atoms with Crippen LogP contribution in [-0.4, -0.2) is 53.4 Å². The molecule has 13 nitrogen and oxygen atoms in total. The fraction of sp³-hybridized carbons (Fsp3) is 0.300. The van der Waals surface area contributed by atoms with Crippen molar-refractivity contribution in [3.05, 3.63) is 117 Å². The molecule has 54 heavy (non-hydrogen) atoms. The summed E-state index contributed by atoms with van der Waals surface area (Å²) in [5.74, 6) is -1.90. The van der Waals surface area contributed by atoms with Crippen LogP contribution in [0.3, 0.4) is 0 Å². The second-order valence-corrected chi connectivity index (χ2v) is 13.6. The number of ether oxygens (including phenoxy) is 4. The molecule has 0 spiro atoms. The van der Waals surface area contributed by atoms with Gasteiger partial charge in [0.15, 0.2) is 6.04 Å². The van der Waals surface area contributed by atoms with E-state index in [1.54, 1.807) is 70.2 Å². The van der Waals surface area contributed by atoms with E-state index in [0.29, 0.717) is 27.4 Å². The Bertz CT molecular complexity index is 2090. The molecular weight excluding hydrogens is 716 g/mol. The number of alkyl carbamates (subject to hydrolysis) is 1. The fourth-order valence-corrected chi connectivity index (χ4v) is 5.50. The molecule has 0 aliphatic rings. The van der Waals surface area contributed by atoms with Crippen LogP contribution in [0.2, 0.25) is 5.02 Å². The zero-order valence-corrected chi connectivity index (χ0v) is 31.4. The minimum Gasteiger partial charge on any atom is -0.495 e. The first-order valence-corrected chi connectivity index (χ1v) is 17.3. The number of nitriles is 1. The van der Waals surface area contributed by atoms with Crippen LogP contribution in [0.4, 0.5) is 10.5 Å². The summed E-state index contributed by atoms with van der Waals surface area (Å²) in [5.41, 5.74) is 0.826. The molecule has 1 unspecified atom stereocenters. The number of carbonyl (C=O) groups is 4. The predicted molar refractivity (Wildman–Crippen MR) is 201 cm³/mol. The lowest BCUT2D eigenvalue weighted by Crippen LogP contribution is -2.51. The fourth-order valence-electron chi connectivity index (χ4n) is 5.33. The normalized spacial score (nSPS) is 12.6. The van der Waals surface area contributed by atoms with Crippen LogP contribution in [0.15, 0.2) is 89.9 Å². The van der Waals surface area contributed by atoms with E-state index in [0.717, 1.165) is 5.56 Å². The highest BCUT2D eigenvalue weighted by molar-refractivity contribution is 6.31. The number of methoxy groups -OCH3 is 1. The van der Waals surface area contributed by atoms with Crippen LogP contribution >= 0.6 is 11.6 Å². The van der Waals surface area contributed by atoms with Crippen molar-refractivity contribution in [3.8, 4) is 22.9 Å². The molecule has 4 rings (SSSR count). The van der Waals surface area contributed by atoms with Crippen molar-refractivity contribution in [1.82, 2.24) is 9.88 Å². The summed E-state index contributed by atoms with van der Waals surface area (Å²) in [6, 6.07) is 20.4. The van der Waals surface area contributed by atoms with Gasteiger partial charge in [-0.2, -0.15) is 5.26 Å². The Morgan fingerprint density at radius 1 is 0.963 bits per heavy atom. The Morgan fingerprint density at radius 3 is 2.26 bits per heavy atom. The van der Waals surface area contributed by atoms with E-state index in [-0.39, 0.29) is 24.3 Å².